The molecule has 0 radical (unpaired) electrons. The highest BCUT2D eigenvalue weighted by Crippen LogP contribution is 2.39. The van der Waals surface area contributed by atoms with Crippen molar-refractivity contribution in [3.05, 3.63) is 22.4 Å². The summed E-state index contributed by atoms with van der Waals surface area (Å²) in [4.78, 5) is 0. The van der Waals surface area contributed by atoms with Gasteiger partial charge in [0.05, 0.1) is 0 Å². The first-order chi connectivity index (χ1) is 8.11. The monoisotopic (exact) mass is 251 g/mol. The topological polar surface area (TPSA) is 12.0 Å². The second-order valence-corrected chi connectivity index (χ2v) is 7.01. The van der Waals surface area contributed by atoms with E-state index in [1.807, 2.05) is 11.3 Å². The van der Waals surface area contributed by atoms with E-state index < -0.39 is 0 Å². The number of rotatable bonds is 4. The van der Waals surface area contributed by atoms with Crippen LogP contribution in [-0.2, 0) is 6.42 Å². The largest absolute Gasteiger partial charge is 0.316 e. The molecule has 1 unspecified atom stereocenters. The highest BCUT2D eigenvalue weighted by atomic mass is 32.1. The quantitative estimate of drug-likeness (QED) is 0.849. The lowest BCUT2D eigenvalue weighted by molar-refractivity contribution is 0.163. The summed E-state index contributed by atoms with van der Waals surface area (Å²) in [5.41, 5.74) is 2.08. The second kappa shape index (κ2) is 5.53. The Morgan fingerprint density at radius 2 is 2.12 bits per heavy atom. The molecule has 1 saturated carbocycles. The van der Waals surface area contributed by atoms with Crippen LogP contribution in [0.3, 0.4) is 0 Å². The summed E-state index contributed by atoms with van der Waals surface area (Å²) in [7, 11) is 2.12. The van der Waals surface area contributed by atoms with Crippen molar-refractivity contribution in [3.63, 3.8) is 0 Å². The molecule has 0 saturated heterocycles. The normalized spacial score (nSPS) is 22.5. The number of hydrogen-bond donors (Lipinski definition) is 1. The maximum Gasteiger partial charge on any atom is 0.0133 e. The molecule has 2 heteroatoms. The minimum atomic E-state index is 0.581. The van der Waals surface area contributed by atoms with E-state index in [1.54, 1.807) is 0 Å². The van der Waals surface area contributed by atoms with Crippen molar-refractivity contribution in [1.29, 1.82) is 0 Å². The number of nitrogens with one attached hydrogen (secondary N) is 1. The van der Waals surface area contributed by atoms with E-state index in [0.717, 1.165) is 5.92 Å². The van der Waals surface area contributed by atoms with E-state index in [4.69, 9.17) is 0 Å². The Morgan fingerprint density at radius 1 is 1.41 bits per heavy atom. The van der Waals surface area contributed by atoms with Crippen molar-refractivity contribution >= 4 is 11.3 Å². The maximum atomic E-state index is 3.54. The van der Waals surface area contributed by atoms with Gasteiger partial charge in [0, 0.05) is 6.04 Å². The summed E-state index contributed by atoms with van der Waals surface area (Å²) in [5, 5.41) is 8.02. The SMILES string of the molecule is CNC(Cc1ccsc1)C1CCC(C)(C)CC1. The van der Waals surface area contributed by atoms with Crippen LogP contribution in [0.4, 0.5) is 0 Å². The fourth-order valence-electron chi connectivity index (χ4n) is 2.99. The molecule has 1 aliphatic rings. The van der Waals surface area contributed by atoms with Gasteiger partial charge >= 0.3 is 0 Å². The Kier molecular flexibility index (Phi) is 4.26. The average molecular weight is 251 g/mol. The van der Waals surface area contributed by atoms with Crippen LogP contribution < -0.4 is 5.32 Å². The van der Waals surface area contributed by atoms with Gasteiger partial charge in [-0.3, -0.25) is 0 Å². The summed E-state index contributed by atoms with van der Waals surface area (Å²) in [6.07, 6.45) is 6.76. The highest BCUT2D eigenvalue weighted by Gasteiger charge is 2.30. The molecule has 0 aromatic carbocycles. The van der Waals surface area contributed by atoms with Gasteiger partial charge in [0.1, 0.15) is 0 Å². The molecule has 0 amide bonds. The first kappa shape index (κ1) is 13.1. The number of thiophene rings is 1. The zero-order valence-corrected chi connectivity index (χ0v) is 12.1. The van der Waals surface area contributed by atoms with Gasteiger partial charge in [-0.05, 0) is 72.9 Å². The molecule has 1 fully saturated rings. The predicted molar refractivity (Wildman–Crippen MR) is 76.6 cm³/mol. The van der Waals surface area contributed by atoms with Crippen molar-refractivity contribution < 1.29 is 0 Å². The fourth-order valence-corrected chi connectivity index (χ4v) is 3.67. The third-order valence-electron chi connectivity index (χ3n) is 4.36. The molecule has 0 spiro atoms. The zero-order chi connectivity index (χ0) is 12.3. The van der Waals surface area contributed by atoms with Gasteiger partial charge in [-0.25, -0.2) is 0 Å². The van der Waals surface area contributed by atoms with Crippen molar-refractivity contribution in [3.8, 4) is 0 Å². The van der Waals surface area contributed by atoms with Gasteiger partial charge in [-0.1, -0.05) is 13.8 Å². The van der Waals surface area contributed by atoms with E-state index in [9.17, 15) is 0 Å². The van der Waals surface area contributed by atoms with Crippen LogP contribution in [0.1, 0.15) is 45.1 Å². The molecule has 1 aromatic rings. The molecule has 17 heavy (non-hydrogen) atoms. The molecule has 1 atom stereocenters. The van der Waals surface area contributed by atoms with E-state index >= 15 is 0 Å². The van der Waals surface area contributed by atoms with E-state index in [2.05, 4.69) is 43.0 Å². The second-order valence-electron chi connectivity index (χ2n) is 6.23. The standard InChI is InChI=1S/C15H25NS/c1-15(2)7-4-13(5-8-15)14(16-3)10-12-6-9-17-11-12/h6,9,11,13-14,16H,4-5,7-8,10H2,1-3H3. The summed E-state index contributed by atoms with van der Waals surface area (Å²) >= 11 is 1.81. The van der Waals surface area contributed by atoms with Gasteiger partial charge < -0.3 is 5.32 Å². The summed E-state index contributed by atoms with van der Waals surface area (Å²) in [6.45, 7) is 4.83. The summed E-state index contributed by atoms with van der Waals surface area (Å²) in [6, 6.07) is 2.93. The highest BCUT2D eigenvalue weighted by molar-refractivity contribution is 7.07. The average Bonchev–Trinajstić information content (AvgIpc) is 2.79. The maximum absolute atomic E-state index is 3.54. The van der Waals surface area contributed by atoms with Gasteiger partial charge in [-0.2, -0.15) is 11.3 Å². The van der Waals surface area contributed by atoms with E-state index in [-0.39, 0.29) is 0 Å². The minimum absolute atomic E-state index is 0.581. The zero-order valence-electron chi connectivity index (χ0n) is 11.3. The molecular formula is C15H25NS. The Bertz CT molecular complexity index is 319. The van der Waals surface area contributed by atoms with Crippen LogP contribution in [0.5, 0.6) is 0 Å². The minimum Gasteiger partial charge on any atom is -0.316 e. The predicted octanol–water partition coefficient (Wildman–Crippen LogP) is 4.10. The molecule has 1 heterocycles. The van der Waals surface area contributed by atoms with Crippen LogP contribution in [0.25, 0.3) is 0 Å². The smallest absolute Gasteiger partial charge is 0.0133 e. The van der Waals surface area contributed by atoms with Crippen molar-refractivity contribution in [1.82, 2.24) is 5.32 Å². The van der Waals surface area contributed by atoms with Gasteiger partial charge in [-0.15, -0.1) is 0 Å². The molecule has 1 N–H and O–H groups in total. The molecule has 1 aromatic heterocycles. The Labute approximate surface area is 110 Å². The lowest BCUT2D eigenvalue weighted by Crippen LogP contribution is -2.38. The van der Waals surface area contributed by atoms with Crippen molar-refractivity contribution in [2.75, 3.05) is 7.05 Å². The lowest BCUT2D eigenvalue weighted by Gasteiger charge is -2.38. The van der Waals surface area contributed by atoms with Crippen LogP contribution >= 0.6 is 11.3 Å². The number of likely N-dealkylation sites (N-methyl/N-ethyl adjacent to an activating group) is 1. The number of hydrogen-bond acceptors (Lipinski definition) is 2. The molecule has 0 bridgehead atoms. The lowest BCUT2D eigenvalue weighted by atomic mass is 9.70. The van der Waals surface area contributed by atoms with Crippen LogP contribution in [0, 0.1) is 11.3 Å². The van der Waals surface area contributed by atoms with Crippen LogP contribution in [-0.4, -0.2) is 13.1 Å². The first-order valence-electron chi connectivity index (χ1n) is 6.79. The van der Waals surface area contributed by atoms with Crippen LogP contribution in [0.15, 0.2) is 16.8 Å². The molecule has 0 aliphatic heterocycles. The third kappa shape index (κ3) is 3.56. The van der Waals surface area contributed by atoms with Crippen molar-refractivity contribution in [2.24, 2.45) is 11.3 Å². The molecule has 1 nitrogen and oxygen atoms in total. The van der Waals surface area contributed by atoms with Gasteiger partial charge in [0.2, 0.25) is 0 Å². The molecule has 96 valence electrons. The molecular weight excluding hydrogens is 226 g/mol. The Balaban J connectivity index is 1.91. The fraction of sp³-hybridized carbons (Fsp3) is 0.733. The molecule has 2 rings (SSSR count). The first-order valence-corrected chi connectivity index (χ1v) is 7.73. The van der Waals surface area contributed by atoms with Gasteiger partial charge in [0.15, 0.2) is 0 Å². The van der Waals surface area contributed by atoms with E-state index in [1.165, 1.54) is 37.7 Å². The Hall–Kier alpha value is -0.340. The Morgan fingerprint density at radius 3 is 2.65 bits per heavy atom. The van der Waals surface area contributed by atoms with Crippen molar-refractivity contribution in [2.45, 2.75) is 52.0 Å². The third-order valence-corrected chi connectivity index (χ3v) is 5.09. The summed E-state index contributed by atoms with van der Waals surface area (Å²) < 4.78 is 0. The summed E-state index contributed by atoms with van der Waals surface area (Å²) in [5.74, 6) is 0.868. The molecule has 1 aliphatic carbocycles. The van der Waals surface area contributed by atoms with Gasteiger partial charge in [0.25, 0.3) is 0 Å². The van der Waals surface area contributed by atoms with E-state index in [0.29, 0.717) is 11.5 Å². The van der Waals surface area contributed by atoms with Crippen LogP contribution in [0.2, 0.25) is 0 Å².